The number of ether oxygens (including phenoxy) is 1. The van der Waals surface area contributed by atoms with E-state index in [1.165, 1.54) is 14.0 Å². The number of hydrogen-bond acceptors (Lipinski definition) is 7. The zero-order valence-corrected chi connectivity index (χ0v) is 9.38. The van der Waals surface area contributed by atoms with Crippen molar-refractivity contribution in [2.45, 2.75) is 6.92 Å². The van der Waals surface area contributed by atoms with Crippen LogP contribution in [0.25, 0.3) is 0 Å². The van der Waals surface area contributed by atoms with Crippen molar-refractivity contribution in [3.63, 3.8) is 0 Å². The van der Waals surface area contributed by atoms with E-state index in [9.17, 15) is 14.4 Å². The second kappa shape index (κ2) is 5.21. The summed E-state index contributed by atoms with van der Waals surface area (Å²) in [6.07, 6.45) is 0. The van der Waals surface area contributed by atoms with Crippen LogP contribution in [0.3, 0.4) is 0 Å². The Kier molecular flexibility index (Phi) is 3.95. The van der Waals surface area contributed by atoms with Gasteiger partial charge in [-0.15, -0.1) is 0 Å². The van der Waals surface area contributed by atoms with Crippen molar-refractivity contribution >= 4 is 28.3 Å². The maximum atomic E-state index is 11.2. The van der Waals surface area contributed by atoms with Crippen molar-refractivity contribution in [3.8, 4) is 0 Å². The van der Waals surface area contributed by atoms with Crippen LogP contribution in [0.2, 0.25) is 0 Å². The number of carbonyl (C=O) groups is 2. The van der Waals surface area contributed by atoms with E-state index >= 15 is 0 Å². The second-order valence-corrected chi connectivity index (χ2v) is 3.69. The van der Waals surface area contributed by atoms with E-state index in [0.717, 1.165) is 17.4 Å². The predicted octanol–water partition coefficient (Wildman–Crippen LogP) is -0.247. The summed E-state index contributed by atoms with van der Waals surface area (Å²) in [5.74, 6) is -0.972. The summed E-state index contributed by atoms with van der Waals surface area (Å²) in [5.41, 5.74) is 4.05. The van der Waals surface area contributed by atoms with Crippen molar-refractivity contribution in [1.29, 1.82) is 0 Å². The van der Waals surface area contributed by atoms with Crippen LogP contribution in [0, 0.1) is 0 Å². The molecule has 1 aromatic heterocycles. The van der Waals surface area contributed by atoms with Gasteiger partial charge in [0, 0.05) is 13.0 Å². The summed E-state index contributed by atoms with van der Waals surface area (Å²) in [4.78, 5) is 36.5. The largest absolute Gasteiger partial charge is 0.465 e. The Balaban J connectivity index is 2.94. The Hall–Kier alpha value is -1.96. The highest BCUT2D eigenvalue weighted by Crippen LogP contribution is 2.13. The third kappa shape index (κ3) is 3.31. The first-order valence-corrected chi connectivity index (χ1v) is 4.97. The van der Waals surface area contributed by atoms with E-state index in [2.05, 4.69) is 20.6 Å². The van der Waals surface area contributed by atoms with Crippen LogP contribution in [-0.2, 0) is 9.53 Å². The maximum absolute atomic E-state index is 11.2. The number of nitrogens with one attached hydrogen (secondary N) is 2. The minimum Gasteiger partial charge on any atom is -0.465 e. The molecule has 0 aliphatic rings. The fourth-order valence-electron chi connectivity index (χ4n) is 0.797. The summed E-state index contributed by atoms with van der Waals surface area (Å²) in [6.45, 7) is 1.29. The number of hydrazine groups is 1. The van der Waals surface area contributed by atoms with Gasteiger partial charge in [-0.05, 0) is 0 Å². The third-order valence-electron chi connectivity index (χ3n) is 1.40. The summed E-state index contributed by atoms with van der Waals surface area (Å²) >= 11 is 0.900. The van der Waals surface area contributed by atoms with Gasteiger partial charge in [0.2, 0.25) is 11.0 Å². The van der Waals surface area contributed by atoms with Crippen molar-refractivity contribution in [2.24, 2.45) is 0 Å². The second-order valence-electron chi connectivity index (χ2n) is 2.66. The molecule has 2 N–H and O–H groups in total. The highest BCUT2D eigenvalue weighted by atomic mass is 32.1. The van der Waals surface area contributed by atoms with Gasteiger partial charge in [0.15, 0.2) is 0 Å². The highest BCUT2D eigenvalue weighted by Gasteiger charge is 2.10. The molecule has 0 aliphatic heterocycles. The number of carbonyl (C=O) groups excluding carboxylic acids is 2. The van der Waals surface area contributed by atoms with E-state index in [1.807, 2.05) is 0 Å². The number of methoxy groups -OCH3 is 1. The Morgan fingerprint density at radius 1 is 1.50 bits per heavy atom. The summed E-state index contributed by atoms with van der Waals surface area (Å²) in [6, 6.07) is 1.06. The van der Waals surface area contributed by atoms with Gasteiger partial charge in [-0.2, -0.15) is 4.98 Å². The molecule has 0 aromatic carbocycles. The van der Waals surface area contributed by atoms with Crippen LogP contribution in [-0.4, -0.2) is 24.0 Å². The van der Waals surface area contributed by atoms with Crippen LogP contribution < -0.4 is 16.4 Å². The molecule has 1 rings (SSSR count). The zero-order valence-electron chi connectivity index (χ0n) is 8.57. The van der Waals surface area contributed by atoms with E-state index in [1.54, 1.807) is 0 Å². The van der Waals surface area contributed by atoms with Gasteiger partial charge < -0.3 is 4.74 Å². The van der Waals surface area contributed by atoms with Crippen LogP contribution in [0.4, 0.5) is 5.13 Å². The van der Waals surface area contributed by atoms with Crippen LogP contribution in [0.15, 0.2) is 10.9 Å². The number of amides is 1. The fraction of sp³-hybridized carbons (Fsp3) is 0.250. The molecule has 86 valence electrons. The Bertz CT molecular complexity index is 471. The number of nitrogens with zero attached hydrogens (tertiary/aromatic N) is 1. The predicted molar refractivity (Wildman–Crippen MR) is 57.2 cm³/mol. The summed E-state index contributed by atoms with van der Waals surface area (Å²) in [5, 5.41) is 0.114. The molecule has 1 heterocycles. The number of hydrogen-bond donors (Lipinski definition) is 2. The van der Waals surface area contributed by atoms with Gasteiger partial charge in [-0.25, -0.2) is 4.79 Å². The molecule has 0 saturated heterocycles. The molecule has 1 aromatic rings. The van der Waals surface area contributed by atoms with Crippen molar-refractivity contribution in [3.05, 3.63) is 21.3 Å². The van der Waals surface area contributed by atoms with Crippen LogP contribution in [0.5, 0.6) is 0 Å². The third-order valence-corrected chi connectivity index (χ3v) is 2.30. The number of rotatable bonds is 3. The molecular formula is C8H9N3O4S. The lowest BCUT2D eigenvalue weighted by atomic mass is 10.5. The smallest absolute Gasteiger partial charge is 0.348 e. The standard InChI is InChI=1S/C8H9N3O4S/c1-4(12)10-11-8-9-6(13)3-5(16-8)7(14)15-2/h3H,1-2H3,(H,10,12)(H,9,11,13). The minimum absolute atomic E-state index is 0.107. The van der Waals surface area contributed by atoms with Gasteiger partial charge in [-0.1, -0.05) is 11.3 Å². The van der Waals surface area contributed by atoms with Gasteiger partial charge in [0.05, 0.1) is 7.11 Å². The first kappa shape index (κ1) is 12.1. The number of anilines is 1. The average molecular weight is 243 g/mol. The van der Waals surface area contributed by atoms with Crippen LogP contribution >= 0.6 is 11.3 Å². The van der Waals surface area contributed by atoms with Gasteiger partial charge in [0.1, 0.15) is 4.88 Å². The molecular weight excluding hydrogens is 234 g/mol. The summed E-state index contributed by atoms with van der Waals surface area (Å²) < 4.78 is 4.46. The molecule has 8 heteroatoms. The van der Waals surface area contributed by atoms with Crippen molar-refractivity contribution in [1.82, 2.24) is 10.4 Å². The molecule has 0 atom stereocenters. The first-order valence-electron chi connectivity index (χ1n) is 4.16. The fourth-order valence-corrected chi connectivity index (χ4v) is 1.57. The van der Waals surface area contributed by atoms with Crippen molar-refractivity contribution in [2.75, 3.05) is 12.5 Å². The molecule has 0 unspecified atom stereocenters. The number of aromatic nitrogens is 1. The minimum atomic E-state index is -0.629. The lowest BCUT2D eigenvalue weighted by Crippen LogP contribution is -2.27. The van der Waals surface area contributed by atoms with Gasteiger partial charge >= 0.3 is 5.97 Å². The zero-order chi connectivity index (χ0) is 12.1. The van der Waals surface area contributed by atoms with Gasteiger partial charge in [-0.3, -0.25) is 20.4 Å². The molecule has 16 heavy (non-hydrogen) atoms. The molecule has 0 spiro atoms. The quantitative estimate of drug-likeness (QED) is 0.561. The summed E-state index contributed by atoms with van der Waals surface area (Å²) in [7, 11) is 1.21. The van der Waals surface area contributed by atoms with Crippen LogP contribution in [0.1, 0.15) is 16.6 Å². The SMILES string of the molecule is COC(=O)c1cc(=O)nc(NNC(C)=O)s1. The van der Waals surface area contributed by atoms with E-state index < -0.39 is 11.5 Å². The van der Waals surface area contributed by atoms with E-state index in [4.69, 9.17) is 0 Å². The molecule has 0 radical (unpaired) electrons. The molecule has 1 amide bonds. The Morgan fingerprint density at radius 3 is 2.75 bits per heavy atom. The normalized spacial score (nSPS) is 9.38. The van der Waals surface area contributed by atoms with E-state index in [0.29, 0.717) is 0 Å². The number of esters is 1. The highest BCUT2D eigenvalue weighted by molar-refractivity contribution is 7.17. The lowest BCUT2D eigenvalue weighted by molar-refractivity contribution is -0.118. The molecule has 0 bridgehead atoms. The molecule has 0 fully saturated rings. The van der Waals surface area contributed by atoms with E-state index in [-0.39, 0.29) is 15.9 Å². The maximum Gasteiger partial charge on any atom is 0.348 e. The molecule has 7 nitrogen and oxygen atoms in total. The topological polar surface area (TPSA) is 97.4 Å². The average Bonchev–Trinajstić information content (AvgIpc) is 2.24. The monoisotopic (exact) mass is 243 g/mol. The Morgan fingerprint density at radius 2 is 2.19 bits per heavy atom. The Labute approximate surface area is 94.4 Å². The van der Waals surface area contributed by atoms with Crippen molar-refractivity contribution < 1.29 is 14.3 Å². The first-order chi connectivity index (χ1) is 7.52. The lowest BCUT2D eigenvalue weighted by Gasteiger charge is -2.04. The molecule has 0 saturated carbocycles. The molecule has 0 aliphatic carbocycles. The van der Waals surface area contributed by atoms with Gasteiger partial charge in [0.25, 0.3) is 5.56 Å².